The third kappa shape index (κ3) is 3.22. The molecule has 0 unspecified atom stereocenters. The lowest BCUT2D eigenvalue weighted by Gasteiger charge is -2.10. The first-order chi connectivity index (χ1) is 9.90. The average Bonchev–Trinajstić information content (AvgIpc) is 2.43. The molecule has 3 N–H and O–H groups in total. The Morgan fingerprint density at radius 3 is 2.52 bits per heavy atom. The number of benzene rings is 2. The summed E-state index contributed by atoms with van der Waals surface area (Å²) >= 11 is 3.21. The van der Waals surface area contributed by atoms with E-state index in [9.17, 15) is 14.7 Å². The number of hydrogen-bond donors (Lipinski definition) is 3. The molecule has 0 heterocycles. The molecule has 0 saturated heterocycles. The summed E-state index contributed by atoms with van der Waals surface area (Å²) in [7, 11) is 0. The van der Waals surface area contributed by atoms with Gasteiger partial charge < -0.3 is 15.5 Å². The minimum absolute atomic E-state index is 0.0757. The van der Waals surface area contributed by atoms with Gasteiger partial charge in [0.15, 0.2) is 0 Å². The first kappa shape index (κ1) is 15.1. The van der Waals surface area contributed by atoms with Gasteiger partial charge in [0.25, 0.3) is 5.91 Å². The van der Waals surface area contributed by atoms with E-state index in [4.69, 9.17) is 5.11 Å². The quantitative estimate of drug-likeness (QED) is 0.792. The predicted molar refractivity (Wildman–Crippen MR) is 81.9 cm³/mol. The second-order valence-corrected chi connectivity index (χ2v) is 5.28. The Morgan fingerprint density at radius 1 is 1.19 bits per heavy atom. The van der Waals surface area contributed by atoms with Crippen molar-refractivity contribution < 1.29 is 19.8 Å². The van der Waals surface area contributed by atoms with Crippen molar-refractivity contribution in [3.8, 4) is 5.75 Å². The van der Waals surface area contributed by atoms with Crippen LogP contribution in [0.5, 0.6) is 5.75 Å². The van der Waals surface area contributed by atoms with Crippen molar-refractivity contribution in [3.63, 3.8) is 0 Å². The number of halogens is 1. The van der Waals surface area contributed by atoms with Gasteiger partial charge in [-0.2, -0.15) is 0 Å². The Hall–Kier alpha value is -2.34. The fraction of sp³-hybridized carbons (Fsp3) is 0.0667. The average molecular weight is 350 g/mol. The summed E-state index contributed by atoms with van der Waals surface area (Å²) in [5.41, 5.74) is 1.29. The third-order valence-electron chi connectivity index (χ3n) is 2.95. The zero-order valence-electron chi connectivity index (χ0n) is 11.1. The molecule has 0 aromatic heterocycles. The van der Waals surface area contributed by atoms with Crippen molar-refractivity contribution in [2.45, 2.75) is 6.92 Å². The molecule has 0 bridgehead atoms. The highest BCUT2D eigenvalue weighted by Crippen LogP contribution is 2.26. The molecule has 2 rings (SSSR count). The number of hydrogen-bond acceptors (Lipinski definition) is 3. The number of aromatic hydroxyl groups is 1. The SMILES string of the molecule is Cc1cccc(C(=O)Nc2ccc(C(=O)O)cc2Br)c1O. The smallest absolute Gasteiger partial charge is 0.335 e. The van der Waals surface area contributed by atoms with Crippen LogP contribution in [0.4, 0.5) is 5.69 Å². The normalized spacial score (nSPS) is 10.2. The standard InChI is InChI=1S/C15H12BrNO4/c1-8-3-2-4-10(13(8)18)14(19)17-12-6-5-9(15(20)21)7-11(12)16/h2-7,18H,1H3,(H,17,19)(H,20,21). The highest BCUT2D eigenvalue weighted by molar-refractivity contribution is 9.10. The van der Waals surface area contributed by atoms with Gasteiger partial charge in [-0.1, -0.05) is 12.1 Å². The van der Waals surface area contributed by atoms with Crippen LogP contribution in [0.15, 0.2) is 40.9 Å². The van der Waals surface area contributed by atoms with Crippen LogP contribution >= 0.6 is 15.9 Å². The van der Waals surface area contributed by atoms with Gasteiger partial charge in [-0.15, -0.1) is 0 Å². The molecule has 6 heteroatoms. The molecule has 0 aliphatic rings. The minimum atomic E-state index is -1.05. The third-order valence-corrected chi connectivity index (χ3v) is 3.60. The van der Waals surface area contributed by atoms with E-state index in [1.165, 1.54) is 24.3 Å². The highest BCUT2D eigenvalue weighted by Gasteiger charge is 2.14. The zero-order chi connectivity index (χ0) is 15.6. The summed E-state index contributed by atoms with van der Waals surface area (Å²) in [6.45, 7) is 1.70. The molecule has 1 amide bonds. The van der Waals surface area contributed by atoms with Crippen molar-refractivity contribution >= 4 is 33.5 Å². The van der Waals surface area contributed by atoms with Crippen molar-refractivity contribution in [1.29, 1.82) is 0 Å². The fourth-order valence-corrected chi connectivity index (χ4v) is 2.26. The lowest BCUT2D eigenvalue weighted by Crippen LogP contribution is -2.13. The van der Waals surface area contributed by atoms with Crippen LogP contribution in [-0.2, 0) is 0 Å². The van der Waals surface area contributed by atoms with Crippen LogP contribution in [0.3, 0.4) is 0 Å². The molecule has 108 valence electrons. The number of carbonyl (C=O) groups is 2. The minimum Gasteiger partial charge on any atom is -0.507 e. The number of amides is 1. The summed E-state index contributed by atoms with van der Waals surface area (Å²) in [6.07, 6.45) is 0. The van der Waals surface area contributed by atoms with Gasteiger partial charge in [0, 0.05) is 4.47 Å². The Bertz CT molecular complexity index is 728. The van der Waals surface area contributed by atoms with Crippen LogP contribution in [0, 0.1) is 6.92 Å². The van der Waals surface area contributed by atoms with E-state index in [-0.39, 0.29) is 16.9 Å². The lowest BCUT2D eigenvalue weighted by atomic mass is 10.1. The van der Waals surface area contributed by atoms with Crippen molar-refractivity contribution in [3.05, 3.63) is 57.6 Å². The molecule has 0 saturated carbocycles. The second kappa shape index (κ2) is 5.97. The van der Waals surface area contributed by atoms with E-state index in [1.54, 1.807) is 19.1 Å². The van der Waals surface area contributed by atoms with Crippen LogP contribution in [0.25, 0.3) is 0 Å². The Balaban J connectivity index is 2.28. The van der Waals surface area contributed by atoms with Gasteiger partial charge >= 0.3 is 5.97 Å². The molecule has 0 aliphatic heterocycles. The predicted octanol–water partition coefficient (Wildman–Crippen LogP) is 3.41. The first-order valence-electron chi connectivity index (χ1n) is 6.03. The molecule has 0 spiro atoms. The number of phenols is 1. The van der Waals surface area contributed by atoms with E-state index in [1.807, 2.05) is 0 Å². The second-order valence-electron chi connectivity index (χ2n) is 4.42. The molecular formula is C15H12BrNO4. The maximum Gasteiger partial charge on any atom is 0.335 e. The van der Waals surface area contributed by atoms with Gasteiger partial charge in [0.05, 0.1) is 16.8 Å². The van der Waals surface area contributed by atoms with Gasteiger partial charge in [0.1, 0.15) is 5.75 Å². The van der Waals surface area contributed by atoms with Gasteiger partial charge in [-0.05, 0) is 52.7 Å². The summed E-state index contributed by atoms with van der Waals surface area (Å²) in [5, 5.41) is 21.4. The Morgan fingerprint density at radius 2 is 1.90 bits per heavy atom. The van der Waals surface area contributed by atoms with Gasteiger partial charge in [-0.25, -0.2) is 4.79 Å². The van der Waals surface area contributed by atoms with Gasteiger partial charge in [-0.3, -0.25) is 4.79 Å². The number of para-hydroxylation sites is 1. The highest BCUT2D eigenvalue weighted by atomic mass is 79.9. The monoisotopic (exact) mass is 349 g/mol. The van der Waals surface area contributed by atoms with E-state index in [2.05, 4.69) is 21.2 Å². The van der Waals surface area contributed by atoms with Gasteiger partial charge in [0.2, 0.25) is 0 Å². The summed E-state index contributed by atoms with van der Waals surface area (Å²) in [5.74, 6) is -1.60. The summed E-state index contributed by atoms with van der Waals surface area (Å²) in [4.78, 5) is 23.0. The Kier molecular flexibility index (Phi) is 4.28. The summed E-state index contributed by atoms with van der Waals surface area (Å²) in [6, 6.07) is 9.15. The number of phenolic OH excluding ortho intramolecular Hbond substituents is 1. The number of anilines is 1. The number of aromatic carboxylic acids is 1. The number of carboxylic acid groups (broad SMARTS) is 1. The summed E-state index contributed by atoms with van der Waals surface area (Å²) < 4.78 is 0.447. The topological polar surface area (TPSA) is 86.6 Å². The van der Waals surface area contributed by atoms with Crippen LogP contribution < -0.4 is 5.32 Å². The molecule has 0 radical (unpaired) electrons. The van der Waals surface area contributed by atoms with Crippen LogP contribution in [0.2, 0.25) is 0 Å². The van der Waals surface area contributed by atoms with E-state index in [0.29, 0.717) is 15.7 Å². The molecule has 0 atom stereocenters. The Labute approximate surface area is 129 Å². The van der Waals surface area contributed by atoms with E-state index >= 15 is 0 Å². The number of carbonyl (C=O) groups excluding carboxylic acids is 1. The molecule has 2 aromatic rings. The maximum absolute atomic E-state index is 12.1. The molecule has 5 nitrogen and oxygen atoms in total. The maximum atomic E-state index is 12.1. The lowest BCUT2D eigenvalue weighted by molar-refractivity contribution is 0.0696. The fourth-order valence-electron chi connectivity index (χ4n) is 1.78. The molecule has 21 heavy (non-hydrogen) atoms. The largest absolute Gasteiger partial charge is 0.507 e. The van der Waals surface area contributed by atoms with Crippen LogP contribution in [-0.4, -0.2) is 22.1 Å². The first-order valence-corrected chi connectivity index (χ1v) is 6.82. The number of nitrogens with one attached hydrogen (secondary N) is 1. The number of rotatable bonds is 3. The van der Waals surface area contributed by atoms with E-state index < -0.39 is 11.9 Å². The van der Waals surface area contributed by atoms with Crippen molar-refractivity contribution in [1.82, 2.24) is 0 Å². The molecule has 0 aliphatic carbocycles. The number of carboxylic acids is 1. The number of aryl methyl sites for hydroxylation is 1. The molecule has 2 aromatic carbocycles. The molecule has 0 fully saturated rings. The van der Waals surface area contributed by atoms with Crippen molar-refractivity contribution in [2.24, 2.45) is 0 Å². The van der Waals surface area contributed by atoms with E-state index in [0.717, 1.165) is 0 Å². The molecular weight excluding hydrogens is 338 g/mol. The zero-order valence-corrected chi connectivity index (χ0v) is 12.6. The van der Waals surface area contributed by atoms with Crippen LogP contribution in [0.1, 0.15) is 26.3 Å². The van der Waals surface area contributed by atoms with Crippen molar-refractivity contribution in [2.75, 3.05) is 5.32 Å².